The molecule has 0 aliphatic heterocycles. The minimum absolute atomic E-state index is 0.0767. The molecule has 0 aliphatic rings. The normalized spacial score (nSPS) is 13.6. The van der Waals surface area contributed by atoms with Gasteiger partial charge in [0.05, 0.1) is 11.6 Å². The summed E-state index contributed by atoms with van der Waals surface area (Å²) in [5.74, 6) is -1.16. The Morgan fingerprint density at radius 2 is 1.77 bits per heavy atom. The molecular formula is C16H20N2O4. The van der Waals surface area contributed by atoms with E-state index in [2.05, 4.69) is 5.32 Å². The summed E-state index contributed by atoms with van der Waals surface area (Å²) >= 11 is 0. The van der Waals surface area contributed by atoms with Crippen LogP contribution in [0.5, 0.6) is 0 Å². The molecule has 0 spiro atoms. The van der Waals surface area contributed by atoms with Gasteiger partial charge in [-0.15, -0.1) is 0 Å². The molecule has 0 fully saturated rings. The van der Waals surface area contributed by atoms with Crippen molar-refractivity contribution in [3.63, 3.8) is 0 Å². The summed E-state index contributed by atoms with van der Waals surface area (Å²) in [7, 11) is 0. The number of amides is 1. The molecule has 1 aromatic rings. The third-order valence-corrected chi connectivity index (χ3v) is 2.89. The first-order valence-electron chi connectivity index (χ1n) is 6.79. The third-order valence-electron chi connectivity index (χ3n) is 2.89. The fourth-order valence-corrected chi connectivity index (χ4v) is 1.81. The lowest BCUT2D eigenvalue weighted by Gasteiger charge is -2.28. The highest BCUT2D eigenvalue weighted by Gasteiger charge is 2.36. The lowest BCUT2D eigenvalue weighted by atomic mass is 9.92. The van der Waals surface area contributed by atoms with Crippen LogP contribution in [0.15, 0.2) is 24.3 Å². The number of hydrogen-bond donors (Lipinski definition) is 2. The van der Waals surface area contributed by atoms with E-state index in [1.165, 1.54) is 6.92 Å². The van der Waals surface area contributed by atoms with Crippen LogP contribution in [0.4, 0.5) is 4.79 Å². The van der Waals surface area contributed by atoms with Crippen molar-refractivity contribution < 1.29 is 19.4 Å². The molecule has 118 valence electrons. The molecule has 22 heavy (non-hydrogen) atoms. The van der Waals surface area contributed by atoms with E-state index in [4.69, 9.17) is 10.00 Å². The van der Waals surface area contributed by atoms with Crippen molar-refractivity contribution in [2.24, 2.45) is 0 Å². The molecule has 1 unspecified atom stereocenters. The zero-order chi connectivity index (χ0) is 17.0. The molecule has 0 saturated carbocycles. The Balaban J connectivity index is 2.89. The van der Waals surface area contributed by atoms with E-state index < -0.39 is 23.2 Å². The number of carboxylic acid groups (broad SMARTS) is 1. The molecule has 6 heteroatoms. The number of carboxylic acids is 1. The Hall–Kier alpha value is -2.55. The second-order valence-electron chi connectivity index (χ2n) is 6.25. The Morgan fingerprint density at radius 3 is 2.18 bits per heavy atom. The molecule has 1 aromatic carbocycles. The Labute approximate surface area is 129 Å². The number of aliphatic carboxylic acids is 1. The van der Waals surface area contributed by atoms with Gasteiger partial charge in [0.1, 0.15) is 11.1 Å². The van der Waals surface area contributed by atoms with Gasteiger partial charge in [-0.2, -0.15) is 5.26 Å². The number of carbonyl (C=O) groups is 2. The lowest BCUT2D eigenvalue weighted by molar-refractivity contribution is -0.144. The monoisotopic (exact) mass is 304 g/mol. The van der Waals surface area contributed by atoms with Crippen LogP contribution in [0.2, 0.25) is 0 Å². The number of hydrogen-bond acceptors (Lipinski definition) is 4. The number of carbonyl (C=O) groups excluding carboxylic acids is 1. The first-order chi connectivity index (χ1) is 10.1. The molecule has 2 N–H and O–H groups in total. The quantitative estimate of drug-likeness (QED) is 0.890. The number of nitrogens with one attached hydrogen (secondary N) is 1. The Bertz CT molecular complexity index is 596. The molecule has 0 aliphatic carbocycles. The van der Waals surface area contributed by atoms with E-state index in [9.17, 15) is 14.7 Å². The molecule has 0 saturated heterocycles. The van der Waals surface area contributed by atoms with Crippen molar-refractivity contribution in [3.8, 4) is 6.07 Å². The zero-order valence-electron chi connectivity index (χ0n) is 13.1. The highest BCUT2D eigenvalue weighted by atomic mass is 16.6. The number of nitriles is 1. The summed E-state index contributed by atoms with van der Waals surface area (Å²) in [4.78, 5) is 23.4. The summed E-state index contributed by atoms with van der Waals surface area (Å²) in [5, 5.41) is 20.6. The highest BCUT2D eigenvalue weighted by molar-refractivity contribution is 5.84. The molecule has 1 rings (SSSR count). The van der Waals surface area contributed by atoms with Crippen molar-refractivity contribution in [1.82, 2.24) is 5.32 Å². The summed E-state index contributed by atoms with van der Waals surface area (Å²) < 4.78 is 5.10. The first kappa shape index (κ1) is 17.5. The summed E-state index contributed by atoms with van der Waals surface area (Å²) in [6.45, 7) is 6.51. The van der Waals surface area contributed by atoms with E-state index in [1.54, 1.807) is 45.0 Å². The molecule has 1 amide bonds. The van der Waals surface area contributed by atoms with E-state index in [-0.39, 0.29) is 6.42 Å². The fourth-order valence-electron chi connectivity index (χ4n) is 1.81. The second-order valence-corrected chi connectivity index (χ2v) is 6.25. The minimum atomic E-state index is -1.50. The van der Waals surface area contributed by atoms with Gasteiger partial charge in [0.15, 0.2) is 0 Å². The number of benzene rings is 1. The van der Waals surface area contributed by atoms with Gasteiger partial charge in [0, 0.05) is 6.42 Å². The largest absolute Gasteiger partial charge is 0.480 e. The van der Waals surface area contributed by atoms with Gasteiger partial charge in [0.25, 0.3) is 0 Å². The van der Waals surface area contributed by atoms with Crippen LogP contribution in [0.25, 0.3) is 0 Å². The summed E-state index contributed by atoms with van der Waals surface area (Å²) in [6.07, 6.45) is -0.709. The maximum Gasteiger partial charge on any atom is 0.408 e. The van der Waals surface area contributed by atoms with E-state index in [1.807, 2.05) is 6.07 Å². The van der Waals surface area contributed by atoms with Crippen molar-refractivity contribution >= 4 is 12.1 Å². The van der Waals surface area contributed by atoms with Crippen LogP contribution >= 0.6 is 0 Å². The average Bonchev–Trinajstić information content (AvgIpc) is 2.36. The number of alkyl carbamates (subject to hydrolysis) is 1. The van der Waals surface area contributed by atoms with Crippen LogP contribution < -0.4 is 5.32 Å². The average molecular weight is 304 g/mol. The molecule has 0 bridgehead atoms. The predicted molar refractivity (Wildman–Crippen MR) is 80.3 cm³/mol. The van der Waals surface area contributed by atoms with E-state index >= 15 is 0 Å². The Morgan fingerprint density at radius 1 is 1.23 bits per heavy atom. The molecule has 1 atom stereocenters. The minimum Gasteiger partial charge on any atom is -0.480 e. The molecule has 0 aromatic heterocycles. The van der Waals surface area contributed by atoms with Crippen molar-refractivity contribution in [2.75, 3.05) is 0 Å². The fraction of sp³-hybridized carbons (Fsp3) is 0.438. The number of ether oxygens (including phenoxy) is 1. The molecule has 0 heterocycles. The smallest absolute Gasteiger partial charge is 0.408 e. The van der Waals surface area contributed by atoms with Crippen molar-refractivity contribution in [3.05, 3.63) is 35.4 Å². The lowest BCUT2D eigenvalue weighted by Crippen LogP contribution is -2.54. The van der Waals surface area contributed by atoms with Crippen LogP contribution in [0.3, 0.4) is 0 Å². The van der Waals surface area contributed by atoms with Crippen LogP contribution in [0, 0.1) is 11.3 Å². The van der Waals surface area contributed by atoms with E-state index in [0.29, 0.717) is 11.1 Å². The molecule has 6 nitrogen and oxygen atoms in total. The predicted octanol–water partition coefficient (Wildman–Crippen LogP) is 2.47. The SMILES string of the molecule is CC(C)(C)OC(=O)NC(C)(Cc1ccc(C#N)cc1)C(=O)O. The van der Waals surface area contributed by atoms with Gasteiger partial charge in [0.2, 0.25) is 0 Å². The van der Waals surface area contributed by atoms with Gasteiger partial charge in [-0.1, -0.05) is 12.1 Å². The standard InChI is InChI=1S/C16H20N2O4/c1-15(2,3)22-14(21)18-16(4,13(19)20)9-11-5-7-12(10-17)8-6-11/h5-8H,9H2,1-4H3,(H,18,21)(H,19,20). The van der Waals surface area contributed by atoms with Crippen molar-refractivity contribution in [2.45, 2.75) is 45.3 Å². The summed E-state index contributed by atoms with van der Waals surface area (Å²) in [5.41, 5.74) is -1.03. The number of nitrogens with zero attached hydrogens (tertiary/aromatic N) is 1. The van der Waals surface area contributed by atoms with Gasteiger partial charge in [-0.05, 0) is 45.4 Å². The first-order valence-corrected chi connectivity index (χ1v) is 6.79. The summed E-state index contributed by atoms with van der Waals surface area (Å²) in [6, 6.07) is 8.52. The highest BCUT2D eigenvalue weighted by Crippen LogP contribution is 2.16. The zero-order valence-corrected chi connectivity index (χ0v) is 13.1. The van der Waals surface area contributed by atoms with Crippen LogP contribution in [-0.2, 0) is 16.0 Å². The third kappa shape index (κ3) is 5.09. The topological polar surface area (TPSA) is 99.4 Å². The van der Waals surface area contributed by atoms with Crippen molar-refractivity contribution in [1.29, 1.82) is 5.26 Å². The molecule has 0 radical (unpaired) electrons. The van der Waals surface area contributed by atoms with Gasteiger partial charge < -0.3 is 15.2 Å². The van der Waals surface area contributed by atoms with Crippen LogP contribution in [-0.4, -0.2) is 28.3 Å². The second kappa shape index (κ2) is 6.48. The Kier molecular flexibility index (Phi) is 5.15. The van der Waals surface area contributed by atoms with Gasteiger partial charge in [-0.3, -0.25) is 0 Å². The van der Waals surface area contributed by atoms with Crippen LogP contribution in [0.1, 0.15) is 38.8 Å². The van der Waals surface area contributed by atoms with E-state index in [0.717, 1.165) is 0 Å². The van der Waals surface area contributed by atoms with Gasteiger partial charge in [-0.25, -0.2) is 9.59 Å². The maximum atomic E-state index is 11.8. The van der Waals surface area contributed by atoms with Gasteiger partial charge >= 0.3 is 12.1 Å². The number of rotatable bonds is 4. The molecular weight excluding hydrogens is 284 g/mol. The maximum absolute atomic E-state index is 11.8.